The van der Waals surface area contributed by atoms with E-state index >= 15 is 0 Å². The summed E-state index contributed by atoms with van der Waals surface area (Å²) in [5, 5.41) is 46.3. The van der Waals surface area contributed by atoms with Crippen molar-refractivity contribution >= 4 is 0 Å². The minimum absolute atomic E-state index is 0.0523. The molecule has 0 amide bonds. The number of aliphatic hydroxyl groups is 4. The molecule has 0 radical (unpaired) electrons. The molecule has 6 aliphatic rings. The molecule has 0 bridgehead atoms. The average Bonchev–Trinajstić information content (AvgIpc) is 3.07. The molecule has 1 spiro atoms. The summed E-state index contributed by atoms with van der Waals surface area (Å²) in [5.74, 6) is -0.415. The molecule has 4 aliphatic carbocycles. The Morgan fingerprint density at radius 2 is 1.79 bits per heavy atom. The van der Waals surface area contributed by atoms with E-state index in [-0.39, 0.29) is 17.8 Å². The Morgan fingerprint density at radius 1 is 1.03 bits per heavy atom. The Balaban J connectivity index is 1.37. The number of fused-ring (bicyclic) bond motifs is 7. The molecule has 4 N–H and O–H groups in total. The number of hydrogen-bond donors (Lipinski definition) is 4. The smallest absolute Gasteiger partial charge is 0.174 e. The van der Waals surface area contributed by atoms with Crippen LogP contribution in [-0.4, -0.2) is 62.3 Å². The van der Waals surface area contributed by atoms with E-state index in [0.29, 0.717) is 38.2 Å². The van der Waals surface area contributed by atoms with Crippen molar-refractivity contribution < 1.29 is 29.9 Å². The van der Waals surface area contributed by atoms with Gasteiger partial charge in [-0.25, -0.2) is 0 Å². The maximum atomic E-state index is 12.5. The molecule has 186 valence electrons. The van der Waals surface area contributed by atoms with E-state index in [4.69, 9.17) is 9.47 Å². The van der Waals surface area contributed by atoms with Gasteiger partial charge in [0.15, 0.2) is 5.79 Å². The van der Waals surface area contributed by atoms with Gasteiger partial charge >= 0.3 is 0 Å². The summed E-state index contributed by atoms with van der Waals surface area (Å²) in [6, 6.07) is 0. The Labute approximate surface area is 197 Å². The molecule has 6 heteroatoms. The van der Waals surface area contributed by atoms with Crippen LogP contribution in [0.5, 0.6) is 0 Å². The number of aliphatic hydroxyl groups excluding tert-OH is 2. The molecular weight excluding hydrogens is 420 g/mol. The highest BCUT2D eigenvalue weighted by molar-refractivity contribution is 5.34. The third-order valence-electron chi connectivity index (χ3n) is 11.9. The van der Waals surface area contributed by atoms with Gasteiger partial charge in [0.2, 0.25) is 0 Å². The zero-order valence-electron chi connectivity index (χ0n) is 20.6. The fourth-order valence-corrected chi connectivity index (χ4v) is 9.62. The average molecular weight is 463 g/mol. The normalized spacial score (nSPS) is 62.3. The van der Waals surface area contributed by atoms with Crippen LogP contribution in [0.25, 0.3) is 0 Å². The van der Waals surface area contributed by atoms with E-state index < -0.39 is 46.1 Å². The predicted octanol–water partition coefficient (Wildman–Crippen LogP) is 2.91. The Bertz CT molecular complexity index is 865. The van der Waals surface area contributed by atoms with E-state index in [2.05, 4.69) is 33.8 Å². The second-order valence-corrected chi connectivity index (χ2v) is 13.0. The van der Waals surface area contributed by atoms with Crippen molar-refractivity contribution in [3.8, 4) is 0 Å². The number of hydrogen-bond acceptors (Lipinski definition) is 6. The summed E-state index contributed by atoms with van der Waals surface area (Å²) in [6.07, 6.45) is 6.07. The summed E-state index contributed by atoms with van der Waals surface area (Å²) in [5.41, 5.74) is -2.22. The van der Waals surface area contributed by atoms with Gasteiger partial charge in [-0.05, 0) is 49.9 Å². The van der Waals surface area contributed by atoms with Crippen LogP contribution >= 0.6 is 0 Å². The largest absolute Gasteiger partial charge is 0.393 e. The first-order valence-corrected chi connectivity index (χ1v) is 13.2. The van der Waals surface area contributed by atoms with E-state index in [1.807, 2.05) is 0 Å². The number of rotatable bonds is 0. The topological polar surface area (TPSA) is 99.4 Å². The summed E-state index contributed by atoms with van der Waals surface area (Å²) in [7, 11) is 0. The van der Waals surface area contributed by atoms with E-state index in [0.717, 1.165) is 31.3 Å². The third-order valence-corrected chi connectivity index (χ3v) is 11.9. The summed E-state index contributed by atoms with van der Waals surface area (Å²) >= 11 is 0. The lowest BCUT2D eigenvalue weighted by molar-refractivity contribution is -0.286. The van der Waals surface area contributed by atoms with Crippen LogP contribution in [0.2, 0.25) is 0 Å². The van der Waals surface area contributed by atoms with Crippen molar-refractivity contribution in [2.45, 2.75) is 114 Å². The molecule has 0 aromatic heterocycles. The van der Waals surface area contributed by atoms with Gasteiger partial charge in [0, 0.05) is 36.0 Å². The maximum Gasteiger partial charge on any atom is 0.174 e. The van der Waals surface area contributed by atoms with Crippen molar-refractivity contribution in [2.24, 2.45) is 34.5 Å². The molecular formula is C27H42O6. The molecule has 6 nitrogen and oxygen atoms in total. The van der Waals surface area contributed by atoms with E-state index in [9.17, 15) is 20.4 Å². The van der Waals surface area contributed by atoms with E-state index in [1.54, 1.807) is 0 Å². The quantitative estimate of drug-likeness (QED) is 0.413. The minimum atomic E-state index is -1.15. The maximum absolute atomic E-state index is 12.5. The first kappa shape index (κ1) is 22.9. The molecule has 2 heterocycles. The van der Waals surface area contributed by atoms with Crippen molar-refractivity contribution in [1.82, 2.24) is 0 Å². The lowest BCUT2D eigenvalue weighted by Crippen LogP contribution is -2.67. The lowest BCUT2D eigenvalue weighted by Gasteiger charge is -2.63. The van der Waals surface area contributed by atoms with Crippen LogP contribution in [0.15, 0.2) is 11.6 Å². The van der Waals surface area contributed by atoms with Crippen LogP contribution in [0, 0.1) is 34.5 Å². The van der Waals surface area contributed by atoms with Crippen molar-refractivity contribution in [3.63, 3.8) is 0 Å². The predicted molar refractivity (Wildman–Crippen MR) is 122 cm³/mol. The van der Waals surface area contributed by atoms with E-state index in [1.165, 1.54) is 0 Å². The molecule has 33 heavy (non-hydrogen) atoms. The zero-order valence-corrected chi connectivity index (χ0v) is 20.6. The first-order valence-electron chi connectivity index (χ1n) is 13.2. The highest BCUT2D eigenvalue weighted by Crippen LogP contribution is 2.73. The first-order chi connectivity index (χ1) is 15.4. The second-order valence-electron chi connectivity index (χ2n) is 13.0. The second kappa shape index (κ2) is 6.83. The fraction of sp³-hybridized carbons (Fsp3) is 0.926. The van der Waals surface area contributed by atoms with Gasteiger partial charge in [0.1, 0.15) is 5.60 Å². The Morgan fingerprint density at radius 3 is 2.48 bits per heavy atom. The van der Waals surface area contributed by atoms with Crippen molar-refractivity contribution in [1.29, 1.82) is 0 Å². The number of allylic oxidation sites excluding steroid dienone is 1. The molecule has 3 saturated carbocycles. The Kier molecular flexibility index (Phi) is 4.75. The molecule has 0 aromatic rings. The molecule has 5 fully saturated rings. The molecule has 12 atom stereocenters. The Hall–Kier alpha value is -0.500. The van der Waals surface area contributed by atoms with Crippen LogP contribution < -0.4 is 0 Å². The van der Waals surface area contributed by atoms with Crippen molar-refractivity contribution in [2.75, 3.05) is 6.61 Å². The molecule has 0 aromatic carbocycles. The van der Waals surface area contributed by atoms with Crippen LogP contribution in [0.4, 0.5) is 0 Å². The van der Waals surface area contributed by atoms with Crippen LogP contribution in [0.1, 0.15) is 79.1 Å². The number of ether oxygens (including phenoxy) is 2. The van der Waals surface area contributed by atoms with Gasteiger partial charge < -0.3 is 29.9 Å². The monoisotopic (exact) mass is 462 g/mol. The third kappa shape index (κ3) is 2.51. The molecule has 2 saturated heterocycles. The van der Waals surface area contributed by atoms with Crippen LogP contribution in [0.3, 0.4) is 0 Å². The highest BCUT2D eigenvalue weighted by Gasteiger charge is 2.81. The van der Waals surface area contributed by atoms with Gasteiger partial charge in [-0.1, -0.05) is 39.3 Å². The summed E-state index contributed by atoms with van der Waals surface area (Å²) in [6.45, 7) is 9.11. The standard InChI is InChI=1S/C27H42O6/c1-15-7-10-26(32-14-15)16(2)27(31)22(33-26)13-25(30)20-6-5-17-11-18(28)12-21(29)24(17,4)19(20)8-9-23(25,27)3/h5,15-16,18-22,28-31H,6-14H2,1-4H3/t15?,16-,18-,19+,20-,21-,22+,23+,24+,25-,26-,27-/m1/s1. The van der Waals surface area contributed by atoms with Gasteiger partial charge in [-0.3, -0.25) is 0 Å². The molecule has 2 aliphatic heterocycles. The minimum Gasteiger partial charge on any atom is -0.393 e. The zero-order chi connectivity index (χ0) is 23.6. The van der Waals surface area contributed by atoms with Crippen molar-refractivity contribution in [3.05, 3.63) is 11.6 Å². The SMILES string of the molecule is CC1CC[C@@]2(OC1)O[C@H]1C[C@@]3(O)[C@@H]4CC=C5C[C@@H](O)C[C@@H](O)[C@]5(C)[C@H]4CC[C@]3(C)[C@@]1(O)[C@@H]2C. The van der Waals surface area contributed by atoms with Gasteiger partial charge in [0.25, 0.3) is 0 Å². The molecule has 6 rings (SSSR count). The fourth-order valence-electron chi connectivity index (χ4n) is 9.62. The summed E-state index contributed by atoms with van der Waals surface area (Å²) in [4.78, 5) is 0. The molecule has 1 unspecified atom stereocenters. The highest BCUT2D eigenvalue weighted by atomic mass is 16.7. The lowest BCUT2D eigenvalue weighted by atomic mass is 9.44. The van der Waals surface area contributed by atoms with Gasteiger partial charge in [0.05, 0.1) is 30.5 Å². The van der Waals surface area contributed by atoms with Crippen LogP contribution in [-0.2, 0) is 9.47 Å². The van der Waals surface area contributed by atoms with Gasteiger partial charge in [-0.2, -0.15) is 0 Å². The van der Waals surface area contributed by atoms with Gasteiger partial charge in [-0.15, -0.1) is 0 Å². The summed E-state index contributed by atoms with van der Waals surface area (Å²) < 4.78 is 12.9.